The molecule has 0 aliphatic heterocycles. The summed E-state index contributed by atoms with van der Waals surface area (Å²) >= 11 is 1.32. The van der Waals surface area contributed by atoms with Crippen molar-refractivity contribution in [2.75, 3.05) is 12.4 Å². The average molecular weight is 452 g/mol. The van der Waals surface area contributed by atoms with Crippen LogP contribution in [0.2, 0.25) is 0 Å². The van der Waals surface area contributed by atoms with E-state index in [1.165, 1.54) is 18.4 Å². The van der Waals surface area contributed by atoms with Gasteiger partial charge in [-0.2, -0.15) is 0 Å². The largest absolute Gasteiger partial charge is 0.493 e. The molecule has 0 unspecified atom stereocenters. The van der Waals surface area contributed by atoms with Gasteiger partial charge in [0.15, 0.2) is 11.5 Å². The van der Waals surface area contributed by atoms with E-state index in [1.54, 1.807) is 35.7 Å². The van der Waals surface area contributed by atoms with Crippen LogP contribution in [-0.4, -0.2) is 18.0 Å². The predicted octanol–water partition coefficient (Wildman–Crippen LogP) is 5.93. The highest BCUT2D eigenvalue weighted by Crippen LogP contribution is 2.34. The van der Waals surface area contributed by atoms with Crippen LogP contribution >= 0.6 is 11.3 Å². The van der Waals surface area contributed by atoms with E-state index in [-0.39, 0.29) is 18.1 Å². The Hall–Kier alpha value is -3.78. The Kier molecular flexibility index (Phi) is 6.42. The van der Waals surface area contributed by atoms with E-state index < -0.39 is 11.6 Å². The van der Waals surface area contributed by atoms with Gasteiger partial charge in [0.05, 0.1) is 7.11 Å². The first-order valence-electron chi connectivity index (χ1n) is 9.60. The lowest BCUT2D eigenvalue weighted by atomic mass is 10.2. The number of rotatable bonds is 7. The number of nitrogens with zero attached hydrogens (tertiary/aromatic N) is 1. The molecule has 162 valence electrons. The lowest BCUT2D eigenvalue weighted by Crippen LogP contribution is -2.12. The molecule has 0 atom stereocenters. The number of benzene rings is 3. The molecule has 1 aromatic heterocycles. The molecule has 0 radical (unpaired) electrons. The van der Waals surface area contributed by atoms with Gasteiger partial charge in [-0.25, -0.2) is 13.8 Å². The molecule has 8 heteroatoms. The molecule has 4 aromatic rings. The van der Waals surface area contributed by atoms with Gasteiger partial charge in [-0.15, -0.1) is 11.3 Å². The van der Waals surface area contributed by atoms with Crippen LogP contribution in [0.15, 0.2) is 72.1 Å². The Bertz CT molecular complexity index is 1250. The molecule has 32 heavy (non-hydrogen) atoms. The number of aromatic nitrogens is 1. The van der Waals surface area contributed by atoms with Gasteiger partial charge in [0.25, 0.3) is 5.91 Å². The number of methoxy groups -OCH3 is 1. The van der Waals surface area contributed by atoms with Gasteiger partial charge in [0.2, 0.25) is 0 Å². The summed E-state index contributed by atoms with van der Waals surface area (Å²) in [7, 11) is 1.48. The molecule has 1 heterocycles. The van der Waals surface area contributed by atoms with Crippen molar-refractivity contribution in [3.8, 4) is 22.1 Å². The third-order valence-electron chi connectivity index (χ3n) is 4.57. The predicted molar refractivity (Wildman–Crippen MR) is 119 cm³/mol. The molecule has 4 rings (SSSR count). The van der Waals surface area contributed by atoms with E-state index in [9.17, 15) is 13.6 Å². The number of halogens is 2. The molecular weight excluding hydrogens is 434 g/mol. The molecule has 0 aliphatic carbocycles. The number of anilines is 1. The lowest BCUT2D eigenvalue weighted by Gasteiger charge is -2.12. The van der Waals surface area contributed by atoms with Crippen LogP contribution in [0.4, 0.5) is 14.5 Å². The van der Waals surface area contributed by atoms with Crippen molar-refractivity contribution in [3.05, 3.63) is 95.0 Å². The third-order valence-corrected chi connectivity index (χ3v) is 5.46. The summed E-state index contributed by atoms with van der Waals surface area (Å²) in [5.74, 6) is -0.611. The third kappa shape index (κ3) is 4.92. The molecule has 1 N–H and O–H groups in total. The minimum absolute atomic E-state index is 0.102. The van der Waals surface area contributed by atoms with Crippen molar-refractivity contribution in [2.24, 2.45) is 0 Å². The quantitative estimate of drug-likeness (QED) is 0.378. The number of carbonyl (C=O) groups is 1. The lowest BCUT2D eigenvalue weighted by molar-refractivity contribution is 0.102. The molecule has 0 saturated heterocycles. The second-order valence-electron chi connectivity index (χ2n) is 6.75. The fourth-order valence-corrected chi connectivity index (χ4v) is 3.75. The van der Waals surface area contributed by atoms with E-state index in [0.29, 0.717) is 27.9 Å². The highest BCUT2D eigenvalue weighted by atomic mass is 32.1. The van der Waals surface area contributed by atoms with Gasteiger partial charge in [-0.3, -0.25) is 4.79 Å². The zero-order chi connectivity index (χ0) is 22.5. The van der Waals surface area contributed by atoms with E-state index in [0.717, 1.165) is 23.8 Å². The Morgan fingerprint density at radius 2 is 1.84 bits per heavy atom. The number of para-hydroxylation sites is 1. The summed E-state index contributed by atoms with van der Waals surface area (Å²) in [5.41, 5.74) is 1.82. The smallest absolute Gasteiger partial charge is 0.275 e. The second kappa shape index (κ2) is 9.57. The van der Waals surface area contributed by atoms with Crippen LogP contribution in [0.25, 0.3) is 10.6 Å². The normalized spacial score (nSPS) is 10.6. The Morgan fingerprint density at radius 1 is 1.03 bits per heavy atom. The minimum atomic E-state index is -0.550. The monoisotopic (exact) mass is 452 g/mol. The van der Waals surface area contributed by atoms with E-state index in [2.05, 4.69) is 10.3 Å². The van der Waals surface area contributed by atoms with Gasteiger partial charge in [-0.1, -0.05) is 18.2 Å². The van der Waals surface area contributed by atoms with Crippen LogP contribution in [0, 0.1) is 11.6 Å². The first kappa shape index (κ1) is 21.5. The van der Waals surface area contributed by atoms with Gasteiger partial charge in [-0.05, 0) is 48.5 Å². The minimum Gasteiger partial charge on any atom is -0.493 e. The van der Waals surface area contributed by atoms with Crippen LogP contribution in [0.3, 0.4) is 0 Å². The highest BCUT2D eigenvalue weighted by molar-refractivity contribution is 7.13. The Morgan fingerprint density at radius 3 is 2.62 bits per heavy atom. The van der Waals surface area contributed by atoms with E-state index in [4.69, 9.17) is 9.47 Å². The zero-order valence-electron chi connectivity index (χ0n) is 17.0. The van der Waals surface area contributed by atoms with E-state index in [1.807, 2.05) is 18.2 Å². The van der Waals surface area contributed by atoms with Crippen molar-refractivity contribution >= 4 is 22.9 Å². The van der Waals surface area contributed by atoms with Gasteiger partial charge >= 0.3 is 0 Å². The molecule has 0 fully saturated rings. The van der Waals surface area contributed by atoms with Gasteiger partial charge in [0, 0.05) is 22.2 Å². The first-order chi connectivity index (χ1) is 15.5. The summed E-state index contributed by atoms with van der Waals surface area (Å²) in [6, 6.07) is 17.5. The maximum absolute atomic E-state index is 13.8. The van der Waals surface area contributed by atoms with Crippen LogP contribution in [0.1, 0.15) is 16.1 Å². The number of nitrogens with one attached hydrogen (secondary N) is 1. The number of hydrogen-bond donors (Lipinski definition) is 1. The topological polar surface area (TPSA) is 60.5 Å². The highest BCUT2D eigenvalue weighted by Gasteiger charge is 2.15. The molecule has 0 saturated carbocycles. The van der Waals surface area contributed by atoms with Crippen molar-refractivity contribution in [1.29, 1.82) is 0 Å². The van der Waals surface area contributed by atoms with Crippen molar-refractivity contribution in [3.63, 3.8) is 0 Å². The van der Waals surface area contributed by atoms with Crippen molar-refractivity contribution in [2.45, 2.75) is 6.61 Å². The molecule has 0 spiro atoms. The molecule has 5 nitrogen and oxygen atoms in total. The molecule has 0 bridgehead atoms. The van der Waals surface area contributed by atoms with Crippen LogP contribution in [0.5, 0.6) is 11.5 Å². The fraction of sp³-hybridized carbons (Fsp3) is 0.0833. The second-order valence-corrected chi connectivity index (χ2v) is 7.61. The number of amides is 1. The summed E-state index contributed by atoms with van der Waals surface area (Å²) in [4.78, 5) is 16.9. The van der Waals surface area contributed by atoms with Gasteiger partial charge < -0.3 is 14.8 Å². The van der Waals surface area contributed by atoms with Crippen LogP contribution in [-0.2, 0) is 6.61 Å². The van der Waals surface area contributed by atoms with Crippen LogP contribution < -0.4 is 14.8 Å². The molecule has 3 aromatic carbocycles. The summed E-state index contributed by atoms with van der Waals surface area (Å²) in [6.07, 6.45) is 0. The number of ether oxygens (including phenoxy) is 2. The first-order valence-corrected chi connectivity index (χ1v) is 10.5. The number of carbonyl (C=O) groups excluding carboxylic acids is 1. The summed E-state index contributed by atoms with van der Waals surface area (Å²) < 4.78 is 38.2. The molecule has 1 amide bonds. The van der Waals surface area contributed by atoms with E-state index >= 15 is 0 Å². The van der Waals surface area contributed by atoms with Crippen molar-refractivity contribution in [1.82, 2.24) is 4.98 Å². The average Bonchev–Trinajstić information content (AvgIpc) is 3.31. The maximum atomic E-state index is 13.8. The maximum Gasteiger partial charge on any atom is 0.275 e. The van der Waals surface area contributed by atoms with Gasteiger partial charge in [0.1, 0.15) is 28.9 Å². The summed E-state index contributed by atoms with van der Waals surface area (Å²) in [5, 5.41) is 5.11. The zero-order valence-corrected chi connectivity index (χ0v) is 17.8. The molecular formula is C24H18F2N2O3S. The fourth-order valence-electron chi connectivity index (χ4n) is 2.96. The summed E-state index contributed by atoms with van der Waals surface area (Å²) in [6.45, 7) is -0.152. The Balaban J connectivity index is 1.49. The standard InChI is InChI=1S/C24H18F2N2O3S/c1-30-22-12-15(7-10-21(22)31-13-16-11-17(25)8-9-19(16)26)24-28-20(14-32-24)23(29)27-18-5-3-2-4-6-18/h2-12,14H,13H2,1H3,(H,27,29). The van der Waals surface area contributed by atoms with Crippen molar-refractivity contribution < 1.29 is 23.0 Å². The molecule has 0 aliphatic rings. The Labute approximate surface area is 187 Å². The SMILES string of the molecule is COc1cc(-c2nc(C(=O)Nc3ccccc3)cs2)ccc1OCc1cc(F)ccc1F. The number of thiazole rings is 1. The number of hydrogen-bond acceptors (Lipinski definition) is 5.